The van der Waals surface area contributed by atoms with E-state index >= 15 is 0 Å². The van der Waals surface area contributed by atoms with Gasteiger partial charge in [0.1, 0.15) is 0 Å². The average molecular weight is 225 g/mol. The maximum absolute atomic E-state index is 6.23. The molecule has 0 aromatic rings. The second kappa shape index (κ2) is 6.61. The fourth-order valence-electron chi connectivity index (χ4n) is 3.27. The molecule has 0 aliphatic heterocycles. The van der Waals surface area contributed by atoms with Gasteiger partial charge in [-0.05, 0) is 57.4 Å². The van der Waals surface area contributed by atoms with Crippen molar-refractivity contribution >= 4 is 0 Å². The molecule has 0 radical (unpaired) electrons. The van der Waals surface area contributed by atoms with E-state index in [1.807, 2.05) is 0 Å². The third-order valence-corrected chi connectivity index (χ3v) is 4.31. The van der Waals surface area contributed by atoms with Crippen molar-refractivity contribution in [3.8, 4) is 0 Å². The highest BCUT2D eigenvalue weighted by atomic mass is 16.5. The van der Waals surface area contributed by atoms with Crippen molar-refractivity contribution in [2.24, 2.45) is 11.7 Å². The number of rotatable bonds is 4. The van der Waals surface area contributed by atoms with E-state index in [0.717, 1.165) is 12.5 Å². The van der Waals surface area contributed by atoms with Gasteiger partial charge in [0.05, 0.1) is 12.2 Å². The smallest absolute Gasteiger partial charge is 0.0579 e. The predicted octanol–water partition coefficient (Wildman–Crippen LogP) is 3.24. The Morgan fingerprint density at radius 1 is 0.812 bits per heavy atom. The van der Waals surface area contributed by atoms with Crippen molar-refractivity contribution < 1.29 is 4.74 Å². The number of ether oxygens (including phenoxy) is 1. The number of nitrogens with two attached hydrogens (primary N) is 1. The lowest BCUT2D eigenvalue weighted by molar-refractivity contribution is -0.0511. The zero-order valence-corrected chi connectivity index (χ0v) is 10.5. The van der Waals surface area contributed by atoms with E-state index in [0.29, 0.717) is 12.2 Å². The van der Waals surface area contributed by atoms with Crippen LogP contribution in [0.4, 0.5) is 0 Å². The molecule has 0 amide bonds. The molecule has 0 bridgehead atoms. The molecule has 2 nitrogen and oxygen atoms in total. The molecule has 0 heterocycles. The molecule has 0 saturated heterocycles. The monoisotopic (exact) mass is 225 g/mol. The van der Waals surface area contributed by atoms with Crippen molar-refractivity contribution in [1.82, 2.24) is 0 Å². The molecule has 0 spiro atoms. The van der Waals surface area contributed by atoms with Crippen LogP contribution in [0.15, 0.2) is 0 Å². The molecule has 94 valence electrons. The molecule has 2 aliphatic carbocycles. The van der Waals surface area contributed by atoms with Crippen LogP contribution < -0.4 is 5.73 Å². The first-order valence-electron chi connectivity index (χ1n) is 7.24. The molecule has 2 saturated carbocycles. The van der Waals surface area contributed by atoms with Crippen LogP contribution in [-0.4, -0.2) is 18.8 Å². The van der Waals surface area contributed by atoms with Crippen LogP contribution in [0.25, 0.3) is 0 Å². The van der Waals surface area contributed by atoms with E-state index < -0.39 is 0 Å². The van der Waals surface area contributed by atoms with Crippen molar-refractivity contribution in [1.29, 1.82) is 0 Å². The first kappa shape index (κ1) is 12.4. The van der Waals surface area contributed by atoms with E-state index in [4.69, 9.17) is 10.5 Å². The Balaban J connectivity index is 1.64. The lowest BCUT2D eigenvalue weighted by Gasteiger charge is -2.32. The summed E-state index contributed by atoms with van der Waals surface area (Å²) in [6.07, 6.45) is 14.4. The van der Waals surface area contributed by atoms with Gasteiger partial charge in [-0.2, -0.15) is 0 Å². The van der Waals surface area contributed by atoms with Crippen LogP contribution in [-0.2, 0) is 4.74 Å². The summed E-state index contributed by atoms with van der Waals surface area (Å²) < 4.78 is 6.23. The molecule has 2 heteroatoms. The number of hydrogen-bond acceptors (Lipinski definition) is 2. The Morgan fingerprint density at radius 3 is 2.06 bits per heavy atom. The van der Waals surface area contributed by atoms with Crippen molar-refractivity contribution in [2.45, 2.75) is 76.4 Å². The number of hydrogen-bond donors (Lipinski definition) is 1. The molecule has 0 aromatic heterocycles. The lowest BCUT2D eigenvalue weighted by atomic mass is 9.85. The van der Waals surface area contributed by atoms with Crippen molar-refractivity contribution in [3.63, 3.8) is 0 Å². The Hall–Kier alpha value is -0.0800. The van der Waals surface area contributed by atoms with Gasteiger partial charge in [0.15, 0.2) is 0 Å². The van der Waals surface area contributed by atoms with Crippen LogP contribution >= 0.6 is 0 Å². The highest BCUT2D eigenvalue weighted by Crippen LogP contribution is 2.31. The summed E-state index contributed by atoms with van der Waals surface area (Å²) in [4.78, 5) is 0. The molecule has 2 aliphatic rings. The second-order valence-corrected chi connectivity index (χ2v) is 5.62. The molecule has 2 fully saturated rings. The molecule has 0 aromatic carbocycles. The van der Waals surface area contributed by atoms with Crippen LogP contribution in [0.2, 0.25) is 0 Å². The molecular formula is C14H27NO. The Morgan fingerprint density at radius 2 is 1.44 bits per heavy atom. The van der Waals surface area contributed by atoms with Crippen LogP contribution in [0.1, 0.15) is 64.2 Å². The topological polar surface area (TPSA) is 35.2 Å². The fraction of sp³-hybridized carbons (Fsp3) is 1.00. The van der Waals surface area contributed by atoms with Crippen LogP contribution in [0, 0.1) is 5.92 Å². The van der Waals surface area contributed by atoms with E-state index in [9.17, 15) is 0 Å². The SMILES string of the molecule is NCCC1CCC(OC2CCCCC2)CC1. The van der Waals surface area contributed by atoms with Gasteiger partial charge in [-0.3, -0.25) is 0 Å². The molecule has 16 heavy (non-hydrogen) atoms. The van der Waals surface area contributed by atoms with Gasteiger partial charge in [0, 0.05) is 0 Å². The first-order valence-corrected chi connectivity index (χ1v) is 7.24. The second-order valence-electron chi connectivity index (χ2n) is 5.62. The van der Waals surface area contributed by atoms with Gasteiger partial charge >= 0.3 is 0 Å². The molecule has 2 N–H and O–H groups in total. The summed E-state index contributed by atoms with van der Waals surface area (Å²) in [6, 6.07) is 0. The zero-order chi connectivity index (χ0) is 11.2. The highest BCUT2D eigenvalue weighted by molar-refractivity contribution is 4.75. The van der Waals surface area contributed by atoms with Gasteiger partial charge in [-0.25, -0.2) is 0 Å². The molecule has 2 rings (SSSR count). The molecule has 0 unspecified atom stereocenters. The summed E-state index contributed by atoms with van der Waals surface area (Å²) >= 11 is 0. The minimum atomic E-state index is 0.567. The van der Waals surface area contributed by atoms with Crippen molar-refractivity contribution in [2.75, 3.05) is 6.54 Å². The quantitative estimate of drug-likeness (QED) is 0.797. The van der Waals surface area contributed by atoms with Crippen LogP contribution in [0.3, 0.4) is 0 Å². The third kappa shape index (κ3) is 3.74. The standard InChI is InChI=1S/C14H27NO/c15-11-10-12-6-8-14(9-7-12)16-13-4-2-1-3-5-13/h12-14H,1-11,15H2. The van der Waals surface area contributed by atoms with Gasteiger partial charge in [-0.15, -0.1) is 0 Å². The largest absolute Gasteiger partial charge is 0.375 e. The summed E-state index contributed by atoms with van der Waals surface area (Å²) in [7, 11) is 0. The fourth-order valence-corrected chi connectivity index (χ4v) is 3.27. The first-order chi connectivity index (χ1) is 7.88. The Kier molecular flexibility index (Phi) is 5.11. The predicted molar refractivity (Wildman–Crippen MR) is 67.4 cm³/mol. The Labute approximate surface area is 99.9 Å². The van der Waals surface area contributed by atoms with Gasteiger partial charge < -0.3 is 10.5 Å². The summed E-state index contributed by atoms with van der Waals surface area (Å²) in [5, 5.41) is 0. The maximum Gasteiger partial charge on any atom is 0.0579 e. The zero-order valence-electron chi connectivity index (χ0n) is 10.5. The Bertz CT molecular complexity index is 181. The lowest BCUT2D eigenvalue weighted by Crippen LogP contribution is -2.28. The maximum atomic E-state index is 6.23. The van der Waals surface area contributed by atoms with Gasteiger partial charge in [0.25, 0.3) is 0 Å². The van der Waals surface area contributed by atoms with Gasteiger partial charge in [-0.1, -0.05) is 19.3 Å². The van der Waals surface area contributed by atoms with E-state index in [1.54, 1.807) is 0 Å². The molecule has 0 atom stereocenters. The minimum Gasteiger partial charge on any atom is -0.375 e. The van der Waals surface area contributed by atoms with Crippen LogP contribution in [0.5, 0.6) is 0 Å². The normalized spacial score (nSPS) is 32.8. The molecular weight excluding hydrogens is 198 g/mol. The summed E-state index contributed by atoms with van der Waals surface area (Å²) in [5.41, 5.74) is 5.61. The third-order valence-electron chi connectivity index (χ3n) is 4.31. The average Bonchev–Trinajstić information content (AvgIpc) is 2.33. The van der Waals surface area contributed by atoms with E-state index in [2.05, 4.69) is 0 Å². The highest BCUT2D eigenvalue weighted by Gasteiger charge is 2.24. The van der Waals surface area contributed by atoms with Gasteiger partial charge in [0.2, 0.25) is 0 Å². The van der Waals surface area contributed by atoms with Crippen molar-refractivity contribution in [3.05, 3.63) is 0 Å². The van der Waals surface area contributed by atoms with E-state index in [1.165, 1.54) is 64.2 Å². The minimum absolute atomic E-state index is 0.567. The summed E-state index contributed by atoms with van der Waals surface area (Å²) in [6.45, 7) is 0.860. The summed E-state index contributed by atoms with van der Waals surface area (Å²) in [5.74, 6) is 0.885. The van der Waals surface area contributed by atoms with E-state index in [-0.39, 0.29) is 0 Å².